The van der Waals surface area contributed by atoms with E-state index in [1.165, 1.54) is 16.5 Å². The van der Waals surface area contributed by atoms with Gasteiger partial charge in [-0.05, 0) is 12.0 Å². The molecule has 0 saturated carbocycles. The van der Waals surface area contributed by atoms with Crippen molar-refractivity contribution in [2.45, 2.75) is 26.3 Å². The quantitative estimate of drug-likeness (QED) is 0.466. The number of nitrogens with zero attached hydrogens (tertiary/aromatic N) is 2. The van der Waals surface area contributed by atoms with E-state index in [1.54, 1.807) is 0 Å². The number of nitrogens with one attached hydrogen (secondary N) is 3. The van der Waals surface area contributed by atoms with Crippen LogP contribution in [0.15, 0.2) is 39.9 Å². The zero-order valence-corrected chi connectivity index (χ0v) is 16.5. The molecule has 1 heterocycles. The predicted molar refractivity (Wildman–Crippen MR) is 111 cm³/mol. The lowest BCUT2D eigenvalue weighted by Crippen LogP contribution is -2.45. The first kappa shape index (κ1) is 21.7. The Morgan fingerprint density at radius 1 is 1.21 bits per heavy atom. The van der Waals surface area contributed by atoms with Crippen molar-refractivity contribution in [3.63, 3.8) is 0 Å². The number of carbonyl (C=O) groups excluding carboxylic acids is 2. The van der Waals surface area contributed by atoms with Crippen molar-refractivity contribution >= 4 is 23.4 Å². The summed E-state index contributed by atoms with van der Waals surface area (Å²) in [6, 6.07) is 8.54. The zero-order valence-electron chi connectivity index (χ0n) is 16.5. The molecule has 2 rings (SSSR count). The number of amides is 3. The second-order valence-electron chi connectivity index (χ2n) is 6.58. The molecule has 0 radical (unpaired) electrons. The summed E-state index contributed by atoms with van der Waals surface area (Å²) in [4.78, 5) is 51.8. The van der Waals surface area contributed by atoms with Gasteiger partial charge in [0.15, 0.2) is 0 Å². The zero-order chi connectivity index (χ0) is 21.4. The highest BCUT2D eigenvalue weighted by Crippen LogP contribution is 2.15. The van der Waals surface area contributed by atoms with Gasteiger partial charge in [-0.25, -0.2) is 9.59 Å². The molecule has 10 heteroatoms. The van der Waals surface area contributed by atoms with Crippen molar-refractivity contribution in [3.05, 3.63) is 56.7 Å². The molecule has 2 aromatic rings. The first-order valence-corrected chi connectivity index (χ1v) is 9.28. The minimum absolute atomic E-state index is 0.0259. The molecule has 0 bridgehead atoms. The average Bonchev–Trinajstić information content (AvgIpc) is 2.65. The highest BCUT2D eigenvalue weighted by Gasteiger charge is 2.19. The van der Waals surface area contributed by atoms with E-state index >= 15 is 0 Å². The Morgan fingerprint density at radius 2 is 1.90 bits per heavy atom. The van der Waals surface area contributed by atoms with Crippen LogP contribution in [-0.2, 0) is 11.3 Å². The summed E-state index contributed by atoms with van der Waals surface area (Å²) >= 11 is 0. The topological polar surface area (TPSA) is 142 Å². The fourth-order valence-electron chi connectivity index (χ4n) is 2.75. The Hall–Kier alpha value is -3.56. The summed E-state index contributed by atoms with van der Waals surface area (Å²) in [6.07, 6.45) is 1.72. The smallest absolute Gasteiger partial charge is 0.330 e. The molecule has 0 aliphatic rings. The Kier molecular flexibility index (Phi) is 7.58. The number of hydrogen-bond acceptors (Lipinski definition) is 6. The Balaban J connectivity index is 2.15. The number of unbranched alkanes of at least 4 members (excludes halogenated alkanes) is 1. The molecule has 0 spiro atoms. The summed E-state index contributed by atoms with van der Waals surface area (Å²) in [5, 5.41) is 4.76. The van der Waals surface area contributed by atoms with E-state index in [0.29, 0.717) is 6.54 Å². The number of likely N-dealkylation sites (N-methyl/N-ethyl adjacent to an activating group) is 1. The van der Waals surface area contributed by atoms with Crippen LogP contribution in [-0.4, -0.2) is 41.6 Å². The molecular weight excluding hydrogens is 376 g/mol. The van der Waals surface area contributed by atoms with Gasteiger partial charge in [-0.15, -0.1) is 0 Å². The maximum atomic E-state index is 12.3. The van der Waals surface area contributed by atoms with E-state index in [9.17, 15) is 19.2 Å². The van der Waals surface area contributed by atoms with E-state index in [0.717, 1.165) is 18.4 Å². The van der Waals surface area contributed by atoms with Crippen molar-refractivity contribution in [2.24, 2.45) is 0 Å². The molecule has 0 unspecified atom stereocenters. The fraction of sp³-hybridized carbons (Fsp3) is 0.368. The van der Waals surface area contributed by atoms with Gasteiger partial charge in [0.1, 0.15) is 11.5 Å². The lowest BCUT2D eigenvalue weighted by atomic mass is 10.2. The van der Waals surface area contributed by atoms with Gasteiger partial charge in [0.25, 0.3) is 5.56 Å². The van der Waals surface area contributed by atoms with E-state index in [1.807, 2.05) is 37.3 Å². The standard InChI is InChI=1S/C19H26N6O4/c1-3-4-10-21-18(28)22-14(26)12-24(2)15-16(20)25(19(29)23-17(15)27)11-13-8-6-5-7-9-13/h5-9H,3-4,10-12,20H2,1-2H3,(H,23,27,29)(H2,21,22,26,28). The summed E-state index contributed by atoms with van der Waals surface area (Å²) in [5.41, 5.74) is 5.52. The number of imide groups is 1. The first-order chi connectivity index (χ1) is 13.8. The molecule has 29 heavy (non-hydrogen) atoms. The van der Waals surface area contributed by atoms with Gasteiger partial charge >= 0.3 is 11.7 Å². The predicted octanol–water partition coefficient (Wildman–Crippen LogP) is 0.229. The van der Waals surface area contributed by atoms with Gasteiger partial charge in [-0.2, -0.15) is 0 Å². The van der Waals surface area contributed by atoms with Gasteiger partial charge in [0, 0.05) is 13.6 Å². The highest BCUT2D eigenvalue weighted by molar-refractivity contribution is 5.96. The highest BCUT2D eigenvalue weighted by atomic mass is 16.2. The largest absolute Gasteiger partial charge is 0.383 e. The third-order valence-corrected chi connectivity index (χ3v) is 4.23. The molecule has 0 aliphatic heterocycles. The second kappa shape index (κ2) is 10.1. The third kappa shape index (κ3) is 5.96. The fourth-order valence-corrected chi connectivity index (χ4v) is 2.75. The van der Waals surface area contributed by atoms with E-state index < -0.39 is 23.2 Å². The number of aromatic amines is 1. The molecule has 1 aromatic carbocycles. The number of hydrogen-bond donors (Lipinski definition) is 4. The maximum Gasteiger partial charge on any atom is 0.330 e. The van der Waals surface area contributed by atoms with Crippen LogP contribution in [0, 0.1) is 0 Å². The number of nitrogen functional groups attached to an aromatic ring is 1. The summed E-state index contributed by atoms with van der Waals surface area (Å²) in [6.45, 7) is 2.31. The first-order valence-electron chi connectivity index (χ1n) is 9.28. The lowest BCUT2D eigenvalue weighted by Gasteiger charge is -2.21. The van der Waals surface area contributed by atoms with Crippen molar-refractivity contribution < 1.29 is 9.59 Å². The monoisotopic (exact) mass is 402 g/mol. The number of anilines is 2. The van der Waals surface area contributed by atoms with Gasteiger partial charge in [-0.1, -0.05) is 43.7 Å². The minimum Gasteiger partial charge on any atom is -0.383 e. The summed E-state index contributed by atoms with van der Waals surface area (Å²) in [5.74, 6) is -0.675. The molecule has 0 aliphatic carbocycles. The Labute approximate surface area is 167 Å². The van der Waals surface area contributed by atoms with Crippen LogP contribution in [0.3, 0.4) is 0 Å². The van der Waals surface area contributed by atoms with Crippen LogP contribution in [0.1, 0.15) is 25.3 Å². The number of nitrogens with two attached hydrogens (primary N) is 1. The van der Waals surface area contributed by atoms with Gasteiger partial charge in [0.05, 0.1) is 13.1 Å². The summed E-state index contributed by atoms with van der Waals surface area (Å²) in [7, 11) is 1.48. The molecule has 156 valence electrons. The molecule has 5 N–H and O–H groups in total. The van der Waals surface area contributed by atoms with E-state index in [2.05, 4.69) is 15.6 Å². The van der Waals surface area contributed by atoms with Crippen LogP contribution < -0.4 is 32.5 Å². The molecule has 0 atom stereocenters. The van der Waals surface area contributed by atoms with E-state index in [4.69, 9.17) is 5.73 Å². The van der Waals surface area contributed by atoms with Crippen molar-refractivity contribution in [2.75, 3.05) is 30.8 Å². The number of carbonyl (C=O) groups is 2. The third-order valence-electron chi connectivity index (χ3n) is 4.23. The number of aromatic nitrogens is 2. The Bertz CT molecular complexity index is 967. The lowest BCUT2D eigenvalue weighted by molar-refractivity contribution is -0.118. The van der Waals surface area contributed by atoms with E-state index in [-0.39, 0.29) is 24.6 Å². The minimum atomic E-state index is -0.709. The average molecular weight is 402 g/mol. The number of rotatable bonds is 8. The van der Waals surface area contributed by atoms with Crippen LogP contribution >= 0.6 is 0 Å². The molecule has 3 amide bonds. The number of urea groups is 1. The molecule has 1 aromatic heterocycles. The van der Waals surface area contributed by atoms with Crippen LogP contribution in [0.25, 0.3) is 0 Å². The molecule has 10 nitrogen and oxygen atoms in total. The molecule has 0 saturated heterocycles. The van der Waals surface area contributed by atoms with Crippen LogP contribution in [0.5, 0.6) is 0 Å². The summed E-state index contributed by atoms with van der Waals surface area (Å²) < 4.78 is 1.22. The van der Waals surface area contributed by atoms with Gasteiger partial charge in [-0.3, -0.25) is 24.5 Å². The molecule has 0 fully saturated rings. The number of benzene rings is 1. The normalized spacial score (nSPS) is 10.4. The van der Waals surface area contributed by atoms with Crippen molar-refractivity contribution in [3.8, 4) is 0 Å². The van der Waals surface area contributed by atoms with Gasteiger partial charge < -0.3 is 16.0 Å². The van der Waals surface area contributed by atoms with Crippen LogP contribution in [0.4, 0.5) is 16.3 Å². The van der Waals surface area contributed by atoms with Gasteiger partial charge in [0.2, 0.25) is 5.91 Å². The second-order valence-corrected chi connectivity index (χ2v) is 6.58. The van der Waals surface area contributed by atoms with Crippen molar-refractivity contribution in [1.29, 1.82) is 0 Å². The SMILES string of the molecule is CCCCNC(=O)NC(=O)CN(C)c1c(N)n(Cc2ccccc2)c(=O)[nH]c1=O. The van der Waals surface area contributed by atoms with Crippen molar-refractivity contribution in [1.82, 2.24) is 20.2 Å². The maximum absolute atomic E-state index is 12.3. The number of H-pyrrole nitrogens is 1. The molecular formula is C19H26N6O4. The van der Waals surface area contributed by atoms with Crippen LogP contribution in [0.2, 0.25) is 0 Å². The Morgan fingerprint density at radius 3 is 2.55 bits per heavy atom.